The quantitative estimate of drug-likeness (QED) is 0.558. The van der Waals surface area contributed by atoms with Gasteiger partial charge in [-0.15, -0.1) is 0 Å². The molecule has 1 fully saturated rings. The molecule has 1 atom stereocenters. The van der Waals surface area contributed by atoms with Crippen LogP contribution in [0.2, 0.25) is 5.02 Å². The van der Waals surface area contributed by atoms with Crippen LogP contribution in [0, 0.1) is 5.92 Å². The third kappa shape index (κ3) is 6.06. The van der Waals surface area contributed by atoms with Crippen LogP contribution < -0.4 is 0 Å². The molecule has 4 rings (SSSR count). The number of quaternary nitrogens is 1. The largest absolute Gasteiger partial charge is 0.331 e. The number of hydrogen-bond donors (Lipinski definition) is 0. The second kappa shape index (κ2) is 9.68. The van der Waals surface area contributed by atoms with E-state index in [9.17, 15) is 4.79 Å². The third-order valence-corrected chi connectivity index (χ3v) is 6.83. The van der Waals surface area contributed by atoms with E-state index in [0.717, 1.165) is 48.7 Å². The first kappa shape index (κ1) is 22.3. The average Bonchev–Trinajstić information content (AvgIpc) is 3.55. The van der Waals surface area contributed by atoms with E-state index in [1.54, 1.807) is 6.20 Å². The number of aromatic nitrogens is 1. The van der Waals surface area contributed by atoms with Gasteiger partial charge in [-0.2, -0.15) is 0 Å². The first-order valence-electron chi connectivity index (χ1n) is 11.4. The molecule has 1 saturated carbocycles. The number of rotatable bonds is 9. The van der Waals surface area contributed by atoms with Gasteiger partial charge in [-0.25, -0.2) is 0 Å². The number of fused-ring (bicyclic) bond motifs is 1. The lowest BCUT2D eigenvalue weighted by Gasteiger charge is -2.43. The Bertz CT molecular complexity index is 897. The summed E-state index contributed by atoms with van der Waals surface area (Å²) in [5, 5.41) is 0.621. The molecule has 2 aliphatic rings. The van der Waals surface area contributed by atoms with Gasteiger partial charge in [0.15, 0.2) is 6.54 Å². The van der Waals surface area contributed by atoms with Crippen LogP contribution in [0.4, 0.5) is 0 Å². The Kier molecular flexibility index (Phi) is 6.95. The molecule has 1 amide bonds. The Morgan fingerprint density at radius 2 is 1.90 bits per heavy atom. The second-order valence-electron chi connectivity index (χ2n) is 9.61. The van der Waals surface area contributed by atoms with Crippen molar-refractivity contribution in [3.05, 3.63) is 64.4 Å². The second-order valence-corrected chi connectivity index (χ2v) is 10.0. The van der Waals surface area contributed by atoms with Gasteiger partial charge in [-0.05, 0) is 44.6 Å². The number of halogens is 1. The van der Waals surface area contributed by atoms with Crippen LogP contribution >= 0.6 is 11.6 Å². The zero-order valence-electron chi connectivity index (χ0n) is 18.8. The highest BCUT2D eigenvalue weighted by Gasteiger charge is 2.41. The minimum atomic E-state index is 0.235. The summed E-state index contributed by atoms with van der Waals surface area (Å²) in [7, 11) is 4.10. The van der Waals surface area contributed by atoms with Gasteiger partial charge in [0.1, 0.15) is 6.54 Å². The summed E-state index contributed by atoms with van der Waals surface area (Å²) in [5.74, 6) is 1.02. The summed E-state index contributed by atoms with van der Waals surface area (Å²) in [6.07, 6.45) is 5.35. The minimum absolute atomic E-state index is 0.235. The highest BCUT2D eigenvalue weighted by atomic mass is 35.5. The van der Waals surface area contributed by atoms with Crippen molar-refractivity contribution in [2.24, 2.45) is 5.92 Å². The third-order valence-electron chi connectivity index (χ3n) is 6.60. The van der Waals surface area contributed by atoms with Crippen LogP contribution in [0.1, 0.15) is 29.7 Å². The van der Waals surface area contributed by atoms with Crippen molar-refractivity contribution in [3.63, 3.8) is 0 Å². The summed E-state index contributed by atoms with van der Waals surface area (Å²) in [6, 6.07) is 12.5. The first-order chi connectivity index (χ1) is 14.9. The van der Waals surface area contributed by atoms with Gasteiger partial charge >= 0.3 is 0 Å². The standard InChI is InChI=1S/C25H34ClN4O/c1-28(2)12-13-29(16-24-10-9-23(26)15-27-24)25(31)19-30(17-20-7-8-20)14-11-21-5-3-4-6-22(21)18-30/h3-6,9-10,15,20H,7-8,11-14,16-19H2,1-2H3/q+1. The molecule has 2 heterocycles. The molecule has 0 bridgehead atoms. The van der Waals surface area contributed by atoms with E-state index in [0.29, 0.717) is 24.7 Å². The smallest absolute Gasteiger partial charge is 0.278 e. The molecule has 6 heteroatoms. The molecule has 1 aromatic heterocycles. The molecule has 31 heavy (non-hydrogen) atoms. The van der Waals surface area contributed by atoms with E-state index >= 15 is 0 Å². The van der Waals surface area contributed by atoms with Crippen LogP contribution in [-0.4, -0.2) is 72.0 Å². The van der Waals surface area contributed by atoms with Crippen molar-refractivity contribution in [1.82, 2.24) is 14.8 Å². The number of pyridine rings is 1. The van der Waals surface area contributed by atoms with E-state index < -0.39 is 0 Å². The zero-order valence-corrected chi connectivity index (χ0v) is 19.5. The zero-order chi connectivity index (χ0) is 21.8. The van der Waals surface area contributed by atoms with Gasteiger partial charge in [0.05, 0.1) is 30.4 Å². The van der Waals surface area contributed by atoms with Crippen molar-refractivity contribution >= 4 is 17.5 Å². The first-order valence-corrected chi connectivity index (χ1v) is 11.8. The normalized spacial score (nSPS) is 20.5. The molecule has 5 nitrogen and oxygen atoms in total. The number of nitrogens with zero attached hydrogens (tertiary/aromatic N) is 4. The van der Waals surface area contributed by atoms with Gasteiger partial charge in [0, 0.05) is 37.2 Å². The van der Waals surface area contributed by atoms with Crippen LogP contribution in [0.25, 0.3) is 0 Å². The average molecular weight is 442 g/mol. The number of likely N-dealkylation sites (N-methyl/N-ethyl adjacent to an activating group) is 1. The summed E-state index contributed by atoms with van der Waals surface area (Å²) < 4.78 is 0.896. The van der Waals surface area contributed by atoms with Gasteiger partial charge in [0.2, 0.25) is 0 Å². The molecular weight excluding hydrogens is 408 g/mol. The number of hydrogen-bond acceptors (Lipinski definition) is 3. The van der Waals surface area contributed by atoms with E-state index in [2.05, 4.69) is 34.1 Å². The fraction of sp³-hybridized carbons (Fsp3) is 0.520. The molecular formula is C25H34ClN4O+. The van der Waals surface area contributed by atoms with Crippen LogP contribution in [0.5, 0.6) is 0 Å². The maximum atomic E-state index is 13.7. The Morgan fingerprint density at radius 1 is 1.13 bits per heavy atom. The summed E-state index contributed by atoms with van der Waals surface area (Å²) in [5.41, 5.74) is 3.75. The fourth-order valence-electron chi connectivity index (χ4n) is 4.65. The van der Waals surface area contributed by atoms with Crippen molar-refractivity contribution in [1.29, 1.82) is 0 Å². The number of amides is 1. The Hall–Kier alpha value is -1.95. The van der Waals surface area contributed by atoms with Gasteiger partial charge < -0.3 is 14.3 Å². The molecule has 1 aromatic carbocycles. The SMILES string of the molecule is CN(C)CCN(Cc1ccc(Cl)cn1)C(=O)C[N+]1(CC2CC2)CCc2ccccc2C1. The Morgan fingerprint density at radius 3 is 2.58 bits per heavy atom. The fourth-order valence-corrected chi connectivity index (χ4v) is 4.76. The van der Waals surface area contributed by atoms with Crippen molar-refractivity contribution in [2.45, 2.75) is 32.4 Å². The summed E-state index contributed by atoms with van der Waals surface area (Å²) in [4.78, 5) is 22.2. The lowest BCUT2D eigenvalue weighted by atomic mass is 9.97. The number of carbonyl (C=O) groups is 1. The maximum Gasteiger partial charge on any atom is 0.278 e. The highest BCUT2D eigenvalue weighted by Crippen LogP contribution is 2.35. The van der Waals surface area contributed by atoms with Crippen molar-refractivity contribution in [2.75, 3.05) is 46.8 Å². The molecule has 0 spiro atoms. The number of benzene rings is 1. The van der Waals surface area contributed by atoms with Crippen molar-refractivity contribution < 1.29 is 9.28 Å². The van der Waals surface area contributed by atoms with Gasteiger partial charge in [-0.1, -0.05) is 35.9 Å². The van der Waals surface area contributed by atoms with E-state index in [1.165, 1.54) is 24.0 Å². The topological polar surface area (TPSA) is 36.4 Å². The van der Waals surface area contributed by atoms with Crippen LogP contribution in [0.15, 0.2) is 42.6 Å². The van der Waals surface area contributed by atoms with Gasteiger partial charge in [-0.3, -0.25) is 9.78 Å². The molecule has 1 unspecified atom stereocenters. The summed E-state index contributed by atoms with van der Waals surface area (Å²) >= 11 is 6.00. The lowest BCUT2D eigenvalue weighted by Crippen LogP contribution is -2.57. The van der Waals surface area contributed by atoms with E-state index in [1.807, 2.05) is 31.1 Å². The van der Waals surface area contributed by atoms with Crippen LogP contribution in [0.3, 0.4) is 0 Å². The van der Waals surface area contributed by atoms with Gasteiger partial charge in [0.25, 0.3) is 5.91 Å². The molecule has 0 N–H and O–H groups in total. The molecule has 166 valence electrons. The van der Waals surface area contributed by atoms with E-state index in [4.69, 9.17) is 11.6 Å². The highest BCUT2D eigenvalue weighted by molar-refractivity contribution is 6.30. The maximum absolute atomic E-state index is 13.7. The monoisotopic (exact) mass is 441 g/mol. The molecule has 0 radical (unpaired) electrons. The van der Waals surface area contributed by atoms with Crippen LogP contribution in [-0.2, 0) is 24.3 Å². The lowest BCUT2D eigenvalue weighted by molar-refractivity contribution is -0.937. The molecule has 1 aliphatic heterocycles. The Balaban J connectivity index is 1.51. The predicted molar refractivity (Wildman–Crippen MR) is 125 cm³/mol. The summed E-state index contributed by atoms with van der Waals surface area (Å²) in [6.45, 7) is 5.80. The van der Waals surface area contributed by atoms with Crippen molar-refractivity contribution in [3.8, 4) is 0 Å². The van der Waals surface area contributed by atoms with E-state index in [-0.39, 0.29) is 5.91 Å². The minimum Gasteiger partial charge on any atom is -0.331 e. The predicted octanol–water partition coefficient (Wildman–Crippen LogP) is 3.61. The molecule has 1 aliphatic carbocycles. The number of carbonyl (C=O) groups excluding carboxylic acids is 1. The Labute approximate surface area is 191 Å². The molecule has 0 saturated heterocycles. The molecule has 2 aromatic rings.